The van der Waals surface area contributed by atoms with Crippen molar-refractivity contribution in [1.29, 1.82) is 0 Å². The summed E-state index contributed by atoms with van der Waals surface area (Å²) >= 11 is 7.37. The molecule has 4 aromatic rings. The van der Waals surface area contributed by atoms with Gasteiger partial charge in [0.2, 0.25) is 5.88 Å². The van der Waals surface area contributed by atoms with Crippen molar-refractivity contribution in [2.24, 2.45) is 10.2 Å². The third-order valence-electron chi connectivity index (χ3n) is 4.22. The van der Waals surface area contributed by atoms with Gasteiger partial charge in [-0.25, -0.2) is 0 Å². The van der Waals surface area contributed by atoms with Gasteiger partial charge < -0.3 is 10.1 Å². The topological polar surface area (TPSA) is 60.7 Å². The van der Waals surface area contributed by atoms with Crippen LogP contribution in [0.1, 0.15) is 5.56 Å². The molecule has 1 aromatic heterocycles. The van der Waals surface area contributed by atoms with E-state index in [1.807, 2.05) is 24.3 Å². The number of halogens is 4. The summed E-state index contributed by atoms with van der Waals surface area (Å²) in [6.07, 6.45) is -4.48. The van der Waals surface area contributed by atoms with Crippen LogP contribution < -0.4 is 0 Å². The molecule has 0 unspecified atom stereocenters. The highest BCUT2D eigenvalue weighted by molar-refractivity contribution is 7.99. The molecule has 4 rings (SSSR count). The fourth-order valence-electron chi connectivity index (χ4n) is 2.85. The summed E-state index contributed by atoms with van der Waals surface area (Å²) in [5.74, 6) is -0.218. The van der Waals surface area contributed by atoms with Gasteiger partial charge in [-0.1, -0.05) is 35.5 Å². The Morgan fingerprint density at radius 3 is 2.40 bits per heavy atom. The molecule has 152 valence electrons. The summed E-state index contributed by atoms with van der Waals surface area (Å²) in [6, 6.07) is 17.3. The van der Waals surface area contributed by atoms with Gasteiger partial charge in [0, 0.05) is 20.2 Å². The number of nitrogens with one attached hydrogen (secondary N) is 1. The van der Waals surface area contributed by atoms with Gasteiger partial charge in [0.15, 0.2) is 5.69 Å². The maximum Gasteiger partial charge on any atom is 0.416 e. The molecule has 0 fully saturated rings. The molecule has 0 spiro atoms. The highest BCUT2D eigenvalue weighted by atomic mass is 35.5. The first kappa shape index (κ1) is 20.3. The highest BCUT2D eigenvalue weighted by Crippen LogP contribution is 2.43. The van der Waals surface area contributed by atoms with E-state index in [9.17, 15) is 18.3 Å². The molecular formula is C21H13ClF3N3OS. The molecule has 0 saturated heterocycles. The number of nitrogens with zero attached hydrogens (tertiary/aromatic N) is 2. The molecule has 0 atom stereocenters. The lowest BCUT2D eigenvalue weighted by atomic mass is 10.2. The lowest BCUT2D eigenvalue weighted by Crippen LogP contribution is -2.03. The third kappa shape index (κ3) is 4.29. The van der Waals surface area contributed by atoms with Crippen LogP contribution in [0.5, 0.6) is 5.88 Å². The number of benzene rings is 3. The lowest BCUT2D eigenvalue weighted by molar-refractivity contribution is -0.137. The van der Waals surface area contributed by atoms with Crippen LogP contribution in [0.15, 0.2) is 86.7 Å². The van der Waals surface area contributed by atoms with Crippen molar-refractivity contribution < 1.29 is 18.3 Å². The predicted octanol–water partition coefficient (Wildman–Crippen LogP) is 8.11. The standard InChI is InChI=1S/C21H13ClF3N3OS/c22-13-7-9-15(10-8-13)30-17-6-2-5-16-18(17)19(20(29)26-16)28-27-14-4-1-3-12(11-14)21(23,24)25/h1-11,26,29H. The molecule has 2 N–H and O–H groups in total. The molecule has 0 amide bonds. The van der Waals surface area contributed by atoms with E-state index in [1.54, 1.807) is 18.2 Å². The van der Waals surface area contributed by atoms with Crippen molar-refractivity contribution in [1.82, 2.24) is 4.98 Å². The average molecular weight is 448 g/mol. The minimum Gasteiger partial charge on any atom is -0.493 e. The molecule has 0 aliphatic rings. The zero-order valence-corrected chi connectivity index (χ0v) is 16.7. The van der Waals surface area contributed by atoms with Gasteiger partial charge in [0.25, 0.3) is 0 Å². The molecule has 9 heteroatoms. The van der Waals surface area contributed by atoms with Crippen molar-refractivity contribution in [2.75, 3.05) is 0 Å². The number of hydrogen-bond donors (Lipinski definition) is 2. The van der Waals surface area contributed by atoms with E-state index in [-0.39, 0.29) is 17.3 Å². The number of azo groups is 1. The number of rotatable bonds is 4. The average Bonchev–Trinajstić information content (AvgIpc) is 3.04. The summed E-state index contributed by atoms with van der Waals surface area (Å²) < 4.78 is 38.7. The summed E-state index contributed by atoms with van der Waals surface area (Å²) in [4.78, 5) is 4.54. The van der Waals surface area contributed by atoms with E-state index >= 15 is 0 Å². The van der Waals surface area contributed by atoms with Crippen LogP contribution in [0.25, 0.3) is 10.9 Å². The number of H-pyrrole nitrogens is 1. The second kappa shape index (κ2) is 8.04. The zero-order chi connectivity index (χ0) is 21.3. The van der Waals surface area contributed by atoms with E-state index in [4.69, 9.17) is 11.6 Å². The Morgan fingerprint density at radius 1 is 0.933 bits per heavy atom. The van der Waals surface area contributed by atoms with Crippen molar-refractivity contribution in [3.8, 4) is 5.88 Å². The second-order valence-electron chi connectivity index (χ2n) is 6.30. The summed E-state index contributed by atoms with van der Waals surface area (Å²) in [5.41, 5.74) is -0.00794. The lowest BCUT2D eigenvalue weighted by Gasteiger charge is -2.06. The molecule has 0 radical (unpaired) electrons. The summed E-state index contributed by atoms with van der Waals surface area (Å²) in [7, 11) is 0. The van der Waals surface area contributed by atoms with Crippen LogP contribution >= 0.6 is 23.4 Å². The fourth-order valence-corrected chi connectivity index (χ4v) is 3.96. The van der Waals surface area contributed by atoms with E-state index in [0.717, 1.165) is 21.9 Å². The van der Waals surface area contributed by atoms with E-state index < -0.39 is 11.7 Å². The van der Waals surface area contributed by atoms with Crippen molar-refractivity contribution in [2.45, 2.75) is 16.0 Å². The SMILES string of the molecule is Oc1[nH]c2cccc(Sc3ccc(Cl)cc3)c2c1N=Nc1cccc(C(F)(F)F)c1. The smallest absolute Gasteiger partial charge is 0.416 e. The number of aromatic amines is 1. The summed E-state index contributed by atoms with van der Waals surface area (Å²) in [5, 5.41) is 19.5. The molecule has 30 heavy (non-hydrogen) atoms. The second-order valence-corrected chi connectivity index (χ2v) is 7.86. The largest absolute Gasteiger partial charge is 0.493 e. The first-order valence-corrected chi connectivity index (χ1v) is 9.87. The first-order valence-electron chi connectivity index (χ1n) is 8.67. The molecule has 0 aliphatic heterocycles. The van der Waals surface area contributed by atoms with Gasteiger partial charge in [0.1, 0.15) is 0 Å². The number of alkyl halides is 3. The van der Waals surface area contributed by atoms with Crippen LogP contribution in [-0.4, -0.2) is 10.1 Å². The maximum atomic E-state index is 12.9. The van der Waals surface area contributed by atoms with Crippen LogP contribution in [0, 0.1) is 0 Å². The van der Waals surface area contributed by atoms with Crippen molar-refractivity contribution >= 4 is 45.6 Å². The maximum absolute atomic E-state index is 12.9. The number of aromatic hydroxyl groups is 1. The van der Waals surface area contributed by atoms with E-state index in [1.165, 1.54) is 23.9 Å². The highest BCUT2D eigenvalue weighted by Gasteiger charge is 2.30. The number of aromatic nitrogens is 1. The Hall–Kier alpha value is -2.97. The summed E-state index contributed by atoms with van der Waals surface area (Å²) in [6.45, 7) is 0. The Labute approximate surface area is 178 Å². The Morgan fingerprint density at radius 2 is 1.67 bits per heavy atom. The molecule has 3 aromatic carbocycles. The van der Waals surface area contributed by atoms with Crippen molar-refractivity contribution in [3.05, 3.63) is 77.3 Å². The van der Waals surface area contributed by atoms with Gasteiger partial charge in [-0.2, -0.15) is 18.3 Å². The molecule has 1 heterocycles. The molecule has 0 bridgehead atoms. The predicted molar refractivity (Wildman–Crippen MR) is 111 cm³/mol. The monoisotopic (exact) mass is 447 g/mol. The number of fused-ring (bicyclic) bond motifs is 1. The van der Waals surface area contributed by atoms with Gasteiger partial charge in [0.05, 0.1) is 16.8 Å². The van der Waals surface area contributed by atoms with Crippen LogP contribution in [0.2, 0.25) is 5.02 Å². The van der Waals surface area contributed by atoms with E-state index in [2.05, 4.69) is 15.2 Å². The van der Waals surface area contributed by atoms with Gasteiger partial charge in [-0.05, 0) is 54.6 Å². The Balaban J connectivity index is 1.73. The number of hydrogen-bond acceptors (Lipinski definition) is 4. The van der Waals surface area contributed by atoms with Crippen LogP contribution in [0.4, 0.5) is 24.5 Å². The Kier molecular flexibility index (Phi) is 5.44. The molecule has 0 saturated carbocycles. The minimum absolute atomic E-state index is 0.0291. The Bertz CT molecular complexity index is 1240. The first-order chi connectivity index (χ1) is 14.3. The van der Waals surface area contributed by atoms with Crippen LogP contribution in [0.3, 0.4) is 0 Å². The molecule has 0 aliphatic carbocycles. The normalized spacial score (nSPS) is 12.1. The third-order valence-corrected chi connectivity index (χ3v) is 5.54. The molecular weight excluding hydrogens is 435 g/mol. The van der Waals surface area contributed by atoms with E-state index in [0.29, 0.717) is 15.9 Å². The minimum atomic E-state index is -4.48. The van der Waals surface area contributed by atoms with Crippen molar-refractivity contribution in [3.63, 3.8) is 0 Å². The van der Waals surface area contributed by atoms with Gasteiger partial charge in [-0.3, -0.25) is 0 Å². The quantitative estimate of drug-likeness (QED) is 0.310. The van der Waals surface area contributed by atoms with Gasteiger partial charge >= 0.3 is 6.18 Å². The van der Waals surface area contributed by atoms with Gasteiger partial charge in [-0.15, -0.1) is 5.11 Å². The zero-order valence-electron chi connectivity index (χ0n) is 15.1. The van der Waals surface area contributed by atoms with Crippen LogP contribution in [-0.2, 0) is 6.18 Å². The fraction of sp³-hybridized carbons (Fsp3) is 0.0476. The molecule has 4 nitrogen and oxygen atoms in total.